The van der Waals surface area contributed by atoms with Crippen molar-refractivity contribution < 1.29 is 9.09 Å². The van der Waals surface area contributed by atoms with Crippen LogP contribution in [0.4, 0.5) is 5.69 Å². The molecule has 0 fully saturated rings. The maximum Gasteiger partial charge on any atom is 0.352 e. The molecule has 0 aliphatic rings. The smallest absolute Gasteiger partial charge is 0.332 e. The fourth-order valence-corrected chi connectivity index (χ4v) is 6.12. The summed E-state index contributed by atoms with van der Waals surface area (Å²) >= 11 is 18.2. The second kappa shape index (κ2) is 9.23. The predicted molar refractivity (Wildman–Crippen MR) is 97.8 cm³/mol. The van der Waals surface area contributed by atoms with Crippen molar-refractivity contribution in [3.05, 3.63) is 28.2 Å². The highest BCUT2D eigenvalue weighted by molar-refractivity contribution is 8.56. The van der Waals surface area contributed by atoms with E-state index in [9.17, 15) is 4.57 Å². The van der Waals surface area contributed by atoms with Crippen LogP contribution < -0.4 is 10.4 Å². The number of anilines is 1. The van der Waals surface area contributed by atoms with Crippen molar-refractivity contribution >= 4 is 64.3 Å². The van der Waals surface area contributed by atoms with E-state index < -0.39 is 6.72 Å². The minimum absolute atomic E-state index is 0.203. The summed E-state index contributed by atoms with van der Waals surface area (Å²) in [6.07, 6.45) is 0.896. The van der Waals surface area contributed by atoms with Gasteiger partial charge in [-0.1, -0.05) is 30.1 Å². The summed E-state index contributed by atoms with van der Waals surface area (Å²) in [6.45, 7) is 1.08. The van der Waals surface area contributed by atoms with Gasteiger partial charge in [-0.15, -0.1) is 0 Å². The first-order valence-electron chi connectivity index (χ1n) is 6.33. The number of hydrogen-bond acceptors (Lipinski definition) is 4. The number of halogens is 2. The molecule has 0 amide bonds. The summed E-state index contributed by atoms with van der Waals surface area (Å²) in [5, 5.41) is 6.82. The minimum atomic E-state index is -3.06. The Morgan fingerprint density at radius 3 is 2.48 bits per heavy atom. The molecule has 0 saturated heterocycles. The summed E-state index contributed by atoms with van der Waals surface area (Å²) in [5.74, 6) is 0.718. The number of hydrogen-bond donors (Lipinski definition) is 2. The van der Waals surface area contributed by atoms with Crippen LogP contribution in [-0.2, 0) is 9.09 Å². The maximum atomic E-state index is 12.6. The number of thiocarbonyl (C=S) groups is 1. The SMILES string of the molecule is CCCSP(=O)(NC(=S)Nc1cc(Cl)cc(Cl)c1)OCC. The van der Waals surface area contributed by atoms with E-state index in [1.165, 1.54) is 11.4 Å². The van der Waals surface area contributed by atoms with E-state index in [4.69, 9.17) is 39.9 Å². The average Bonchev–Trinajstić information content (AvgIpc) is 2.35. The highest BCUT2D eigenvalue weighted by Gasteiger charge is 2.24. The lowest BCUT2D eigenvalue weighted by molar-refractivity contribution is 0.343. The van der Waals surface area contributed by atoms with Crippen LogP contribution in [0, 0.1) is 0 Å². The molecule has 1 atom stereocenters. The maximum absolute atomic E-state index is 12.6. The van der Waals surface area contributed by atoms with Crippen LogP contribution >= 0.6 is 53.5 Å². The molecule has 1 rings (SSSR count). The Bertz CT molecular complexity index is 526. The first-order valence-corrected chi connectivity index (χ1v) is 10.7. The molecule has 118 valence electrons. The van der Waals surface area contributed by atoms with Crippen LogP contribution in [0.5, 0.6) is 0 Å². The molecule has 0 aliphatic carbocycles. The molecule has 4 nitrogen and oxygen atoms in total. The van der Waals surface area contributed by atoms with Gasteiger partial charge in [-0.05, 0) is 55.1 Å². The average molecular weight is 387 g/mol. The molecule has 1 aromatic carbocycles. The van der Waals surface area contributed by atoms with E-state index in [2.05, 4.69) is 10.4 Å². The van der Waals surface area contributed by atoms with Crippen LogP contribution in [-0.4, -0.2) is 17.5 Å². The number of nitrogens with one attached hydrogen (secondary N) is 2. The van der Waals surface area contributed by atoms with Crippen molar-refractivity contribution in [1.82, 2.24) is 5.09 Å². The number of benzene rings is 1. The van der Waals surface area contributed by atoms with Crippen LogP contribution in [0.15, 0.2) is 18.2 Å². The van der Waals surface area contributed by atoms with Gasteiger partial charge in [0.1, 0.15) is 0 Å². The van der Waals surface area contributed by atoms with E-state index in [0.29, 0.717) is 22.3 Å². The normalized spacial score (nSPS) is 13.5. The second-order valence-corrected chi connectivity index (χ2v) is 9.61. The zero-order chi connectivity index (χ0) is 15.9. The molecule has 9 heteroatoms. The third kappa shape index (κ3) is 7.22. The Balaban J connectivity index is 2.71. The molecule has 0 radical (unpaired) electrons. The molecule has 1 unspecified atom stereocenters. The van der Waals surface area contributed by atoms with Crippen molar-refractivity contribution in [2.75, 3.05) is 17.7 Å². The van der Waals surface area contributed by atoms with Gasteiger partial charge in [-0.25, -0.2) is 0 Å². The monoisotopic (exact) mass is 386 g/mol. The van der Waals surface area contributed by atoms with Gasteiger partial charge in [0, 0.05) is 21.5 Å². The molecular formula is C12H17Cl2N2O2PS2. The highest BCUT2D eigenvalue weighted by Crippen LogP contribution is 2.55. The summed E-state index contributed by atoms with van der Waals surface area (Å²) in [5.41, 5.74) is 0.619. The Labute approximate surface area is 144 Å². The quantitative estimate of drug-likeness (QED) is 0.471. The van der Waals surface area contributed by atoms with Gasteiger partial charge in [0.05, 0.1) is 6.61 Å². The lowest BCUT2D eigenvalue weighted by Gasteiger charge is -2.20. The second-order valence-electron chi connectivity index (χ2n) is 3.97. The van der Waals surface area contributed by atoms with E-state index in [1.54, 1.807) is 25.1 Å². The Morgan fingerprint density at radius 2 is 1.95 bits per heavy atom. The van der Waals surface area contributed by atoms with Gasteiger partial charge in [-0.3, -0.25) is 9.65 Å². The van der Waals surface area contributed by atoms with Gasteiger partial charge in [-0.2, -0.15) is 0 Å². The standard InChI is InChI=1S/C12H17Cl2N2O2PS2/c1-3-5-21-19(17,18-4-2)16-12(20)15-11-7-9(13)6-10(14)8-11/h6-8H,3-5H2,1-2H3,(H2,15,16,17,20). The fourth-order valence-electron chi connectivity index (χ4n) is 1.39. The highest BCUT2D eigenvalue weighted by atomic mass is 35.5. The third-order valence-electron chi connectivity index (χ3n) is 2.12. The first kappa shape index (κ1) is 19.1. The first-order chi connectivity index (χ1) is 9.88. The summed E-state index contributed by atoms with van der Waals surface area (Å²) in [4.78, 5) is 0. The number of rotatable bonds is 7. The Hall–Kier alpha value is 0.0300. The third-order valence-corrected chi connectivity index (χ3v) is 7.10. The summed E-state index contributed by atoms with van der Waals surface area (Å²) in [7, 11) is 0. The van der Waals surface area contributed by atoms with Crippen LogP contribution in [0.3, 0.4) is 0 Å². The van der Waals surface area contributed by atoms with Gasteiger partial charge in [0.2, 0.25) is 0 Å². The van der Waals surface area contributed by atoms with Crippen LogP contribution in [0.1, 0.15) is 20.3 Å². The summed E-state index contributed by atoms with van der Waals surface area (Å²) < 4.78 is 17.9. The summed E-state index contributed by atoms with van der Waals surface area (Å²) in [6, 6.07) is 4.96. The molecular weight excluding hydrogens is 370 g/mol. The largest absolute Gasteiger partial charge is 0.352 e. The van der Waals surface area contributed by atoms with Crippen molar-refractivity contribution in [3.8, 4) is 0 Å². The molecule has 0 heterocycles. The van der Waals surface area contributed by atoms with Crippen molar-refractivity contribution in [3.63, 3.8) is 0 Å². The van der Waals surface area contributed by atoms with Crippen LogP contribution in [0.25, 0.3) is 0 Å². The molecule has 0 aromatic heterocycles. The Morgan fingerprint density at radius 1 is 1.33 bits per heavy atom. The van der Waals surface area contributed by atoms with E-state index >= 15 is 0 Å². The molecule has 0 saturated carbocycles. The molecule has 0 aliphatic heterocycles. The Kier molecular flexibility index (Phi) is 8.39. The molecule has 21 heavy (non-hydrogen) atoms. The van der Waals surface area contributed by atoms with Crippen molar-refractivity contribution in [2.45, 2.75) is 20.3 Å². The van der Waals surface area contributed by atoms with Gasteiger partial charge in [0.15, 0.2) is 5.11 Å². The minimum Gasteiger partial charge on any atom is -0.332 e. The zero-order valence-electron chi connectivity index (χ0n) is 11.7. The zero-order valence-corrected chi connectivity index (χ0v) is 15.7. The van der Waals surface area contributed by atoms with Gasteiger partial charge >= 0.3 is 6.72 Å². The van der Waals surface area contributed by atoms with Crippen molar-refractivity contribution in [1.29, 1.82) is 0 Å². The lowest BCUT2D eigenvalue weighted by Crippen LogP contribution is -2.26. The topological polar surface area (TPSA) is 50.4 Å². The van der Waals surface area contributed by atoms with Gasteiger partial charge in [0.25, 0.3) is 0 Å². The van der Waals surface area contributed by atoms with Gasteiger partial charge < -0.3 is 9.84 Å². The van der Waals surface area contributed by atoms with E-state index in [0.717, 1.165) is 12.2 Å². The molecule has 0 spiro atoms. The van der Waals surface area contributed by atoms with Crippen molar-refractivity contribution in [2.24, 2.45) is 0 Å². The van der Waals surface area contributed by atoms with E-state index in [1.807, 2.05) is 6.92 Å². The van der Waals surface area contributed by atoms with E-state index in [-0.39, 0.29) is 5.11 Å². The lowest BCUT2D eigenvalue weighted by atomic mass is 10.3. The fraction of sp³-hybridized carbons (Fsp3) is 0.417. The van der Waals surface area contributed by atoms with Crippen LogP contribution in [0.2, 0.25) is 10.0 Å². The molecule has 2 N–H and O–H groups in total. The molecule has 0 bridgehead atoms. The molecule has 1 aromatic rings. The predicted octanol–water partition coefficient (Wildman–Crippen LogP) is 5.57.